The van der Waals surface area contributed by atoms with Crippen molar-refractivity contribution in [3.8, 4) is 0 Å². The molecule has 0 fully saturated rings. The van der Waals surface area contributed by atoms with E-state index in [0.717, 1.165) is 0 Å². The number of hydrogen-bond acceptors (Lipinski definition) is 5. The van der Waals surface area contributed by atoms with Crippen LogP contribution < -0.4 is 40.1 Å². The van der Waals surface area contributed by atoms with E-state index in [2.05, 4.69) is 0 Å². The van der Waals surface area contributed by atoms with Crippen molar-refractivity contribution >= 4 is 11.9 Å². The Labute approximate surface area is 84.5 Å². The maximum absolute atomic E-state index is 9.87. The maximum Gasteiger partial charge on any atom is 1.00 e. The van der Waals surface area contributed by atoms with Gasteiger partial charge < -0.3 is 20.2 Å². The molecule has 0 aliphatic rings. The zero-order chi connectivity index (χ0) is 8.15. The predicted octanol–water partition coefficient (Wildman–Crippen LogP) is -5.44. The van der Waals surface area contributed by atoms with Crippen LogP contribution in [-0.4, -0.2) is 28.3 Å². The molecule has 0 saturated carbocycles. The Morgan fingerprint density at radius 3 is 2.09 bits per heavy atom. The summed E-state index contributed by atoms with van der Waals surface area (Å²) < 4.78 is 0. The van der Waals surface area contributed by atoms with Gasteiger partial charge in [-0.05, 0) is 0 Å². The fourth-order valence-corrected chi connectivity index (χ4v) is 0.356. The molecule has 11 heavy (non-hydrogen) atoms. The molecule has 0 aromatic heterocycles. The first-order valence-electron chi connectivity index (χ1n) is 2.40. The van der Waals surface area contributed by atoms with Gasteiger partial charge in [-0.2, -0.15) is 5.48 Å². The second-order valence-electron chi connectivity index (χ2n) is 1.60. The van der Waals surface area contributed by atoms with Crippen LogP contribution in [0.4, 0.5) is 0 Å². The summed E-state index contributed by atoms with van der Waals surface area (Å²) in [5, 5.41) is 25.9. The molecule has 0 heterocycles. The number of hydrogen-bond donors (Lipinski definition) is 3. The van der Waals surface area contributed by atoms with Crippen molar-refractivity contribution in [2.24, 2.45) is 0 Å². The molecular formula is C4H6NNaO5. The Kier molecular flexibility index (Phi) is 8.02. The first-order chi connectivity index (χ1) is 4.57. The van der Waals surface area contributed by atoms with Crippen LogP contribution in [0.15, 0.2) is 0 Å². The summed E-state index contributed by atoms with van der Waals surface area (Å²) in [6, 6.07) is -1.54. The van der Waals surface area contributed by atoms with Crippen LogP contribution in [0.3, 0.4) is 0 Å². The standard InChI is InChI=1S/C4H7NO5.Na/c6-3(7)1-2(5-10)4(8)9;/h2,5,10H,1H2,(H,6,7)(H,8,9);/q;+1/p-1/t2-;/m0./s1. The van der Waals surface area contributed by atoms with Crippen LogP contribution in [-0.2, 0) is 9.59 Å². The molecule has 0 aromatic carbocycles. The molecule has 3 N–H and O–H groups in total. The number of carboxylic acids is 2. The molecule has 7 heteroatoms. The van der Waals surface area contributed by atoms with Gasteiger partial charge in [0.05, 0.1) is 18.4 Å². The van der Waals surface area contributed by atoms with Crippen molar-refractivity contribution in [3.05, 3.63) is 0 Å². The van der Waals surface area contributed by atoms with Crippen molar-refractivity contribution in [1.29, 1.82) is 0 Å². The molecule has 6 nitrogen and oxygen atoms in total. The predicted molar refractivity (Wildman–Crippen MR) is 26.0 cm³/mol. The van der Waals surface area contributed by atoms with Gasteiger partial charge in [0.15, 0.2) is 0 Å². The Balaban J connectivity index is 0. The smallest absolute Gasteiger partial charge is 0.548 e. The Morgan fingerprint density at radius 1 is 1.55 bits per heavy atom. The van der Waals surface area contributed by atoms with Gasteiger partial charge in [0.1, 0.15) is 0 Å². The molecule has 0 unspecified atom stereocenters. The fraction of sp³-hybridized carbons (Fsp3) is 0.500. The monoisotopic (exact) mass is 171 g/mol. The van der Waals surface area contributed by atoms with E-state index >= 15 is 0 Å². The van der Waals surface area contributed by atoms with Gasteiger partial charge in [0.2, 0.25) is 0 Å². The van der Waals surface area contributed by atoms with Crippen LogP contribution >= 0.6 is 0 Å². The third-order valence-corrected chi connectivity index (χ3v) is 0.819. The average molecular weight is 171 g/mol. The maximum atomic E-state index is 9.87. The zero-order valence-corrected chi connectivity index (χ0v) is 7.90. The van der Waals surface area contributed by atoms with E-state index in [-0.39, 0.29) is 29.6 Å². The molecule has 0 aliphatic carbocycles. The molecule has 0 spiro atoms. The Bertz CT molecular complexity index is 149. The number of rotatable bonds is 4. The van der Waals surface area contributed by atoms with Gasteiger partial charge in [0.25, 0.3) is 0 Å². The number of carboxylic acid groups (broad SMARTS) is 2. The first kappa shape index (κ1) is 13.4. The van der Waals surface area contributed by atoms with E-state index in [1.165, 1.54) is 5.48 Å². The zero-order valence-electron chi connectivity index (χ0n) is 5.90. The second-order valence-corrected chi connectivity index (χ2v) is 1.60. The number of aliphatic carboxylic acids is 2. The van der Waals surface area contributed by atoms with Crippen molar-refractivity contribution in [1.82, 2.24) is 5.48 Å². The molecule has 0 saturated heterocycles. The van der Waals surface area contributed by atoms with Gasteiger partial charge in [-0.3, -0.25) is 4.79 Å². The quantitative estimate of drug-likeness (QED) is 0.287. The summed E-state index contributed by atoms with van der Waals surface area (Å²) in [5.74, 6) is -2.97. The summed E-state index contributed by atoms with van der Waals surface area (Å²) in [6.45, 7) is 0. The Morgan fingerprint density at radius 2 is 2.00 bits per heavy atom. The molecule has 0 aliphatic heterocycles. The third-order valence-electron chi connectivity index (χ3n) is 0.819. The number of hydroxylamine groups is 1. The SMILES string of the molecule is O=C(O)C[C@H](NO)C(=O)[O-].[Na+]. The van der Waals surface area contributed by atoms with Crippen molar-refractivity contribution < 1.29 is 54.6 Å². The van der Waals surface area contributed by atoms with Gasteiger partial charge >= 0.3 is 35.5 Å². The number of carbonyl (C=O) groups excluding carboxylic acids is 1. The minimum Gasteiger partial charge on any atom is -0.548 e. The van der Waals surface area contributed by atoms with Crippen LogP contribution in [0.1, 0.15) is 6.42 Å². The van der Waals surface area contributed by atoms with E-state index in [1.54, 1.807) is 0 Å². The topological polar surface area (TPSA) is 110 Å². The molecule has 0 bridgehead atoms. The van der Waals surface area contributed by atoms with Crippen molar-refractivity contribution in [2.75, 3.05) is 0 Å². The van der Waals surface area contributed by atoms with Crippen LogP contribution in [0.25, 0.3) is 0 Å². The van der Waals surface area contributed by atoms with Crippen molar-refractivity contribution in [2.45, 2.75) is 12.5 Å². The first-order valence-corrected chi connectivity index (χ1v) is 2.40. The van der Waals surface area contributed by atoms with Crippen LogP contribution in [0.2, 0.25) is 0 Å². The van der Waals surface area contributed by atoms with E-state index in [4.69, 9.17) is 10.3 Å². The second kappa shape index (κ2) is 6.56. The van der Waals surface area contributed by atoms with E-state index in [1.807, 2.05) is 0 Å². The molecule has 0 rings (SSSR count). The van der Waals surface area contributed by atoms with Gasteiger partial charge in [-0.1, -0.05) is 0 Å². The largest absolute Gasteiger partial charge is 1.00 e. The van der Waals surface area contributed by atoms with Gasteiger partial charge in [-0.25, -0.2) is 0 Å². The minimum atomic E-state index is -1.65. The molecule has 1 atom stereocenters. The molecular weight excluding hydrogens is 165 g/mol. The Hall–Kier alpha value is -0.140. The molecule has 0 radical (unpaired) electrons. The average Bonchev–Trinajstić information content (AvgIpc) is 1.81. The van der Waals surface area contributed by atoms with E-state index in [9.17, 15) is 14.7 Å². The van der Waals surface area contributed by atoms with E-state index < -0.39 is 24.4 Å². The number of carbonyl (C=O) groups is 2. The summed E-state index contributed by atoms with van der Waals surface area (Å²) in [4.78, 5) is 19.7. The number of nitrogens with one attached hydrogen (secondary N) is 1. The molecule has 0 aromatic rings. The fourth-order valence-electron chi connectivity index (χ4n) is 0.356. The van der Waals surface area contributed by atoms with Gasteiger partial charge in [-0.15, -0.1) is 0 Å². The summed E-state index contributed by atoms with van der Waals surface area (Å²) in [5.41, 5.74) is 1.29. The summed E-state index contributed by atoms with van der Waals surface area (Å²) >= 11 is 0. The van der Waals surface area contributed by atoms with E-state index in [0.29, 0.717) is 0 Å². The molecule has 0 amide bonds. The summed E-state index contributed by atoms with van der Waals surface area (Å²) in [7, 11) is 0. The third kappa shape index (κ3) is 6.27. The minimum absolute atomic E-state index is 0. The summed E-state index contributed by atoms with van der Waals surface area (Å²) in [6.07, 6.45) is -0.709. The van der Waals surface area contributed by atoms with Crippen LogP contribution in [0, 0.1) is 0 Å². The molecule has 58 valence electrons. The van der Waals surface area contributed by atoms with Crippen molar-refractivity contribution in [3.63, 3.8) is 0 Å². The van der Waals surface area contributed by atoms with Crippen LogP contribution in [0.5, 0.6) is 0 Å². The normalized spacial score (nSPS) is 11.4. The van der Waals surface area contributed by atoms with Gasteiger partial charge in [0, 0.05) is 0 Å².